The minimum atomic E-state index is 0.436. The molecule has 0 bridgehead atoms. The zero-order valence-electron chi connectivity index (χ0n) is 7.71. The van der Waals surface area contributed by atoms with E-state index in [1.165, 1.54) is 19.4 Å². The molecule has 0 aliphatic carbocycles. The summed E-state index contributed by atoms with van der Waals surface area (Å²) in [6.07, 6.45) is 2.89. The van der Waals surface area contributed by atoms with Crippen molar-refractivity contribution < 1.29 is 4.74 Å². The van der Waals surface area contributed by atoms with Gasteiger partial charge in [0.25, 0.3) is 0 Å². The molecule has 0 aromatic carbocycles. The summed E-state index contributed by atoms with van der Waals surface area (Å²) in [5, 5.41) is 4.46. The van der Waals surface area contributed by atoms with Crippen molar-refractivity contribution in [3.8, 4) is 0 Å². The van der Waals surface area contributed by atoms with E-state index in [0.29, 0.717) is 6.10 Å². The predicted octanol–water partition coefficient (Wildman–Crippen LogP) is 0.574. The molecule has 1 aliphatic heterocycles. The van der Waals surface area contributed by atoms with Crippen molar-refractivity contribution in [3.63, 3.8) is 0 Å². The number of ether oxygens (including phenoxy) is 1. The molecule has 0 amide bonds. The van der Waals surface area contributed by atoms with E-state index in [4.69, 9.17) is 4.74 Å². The lowest BCUT2D eigenvalue weighted by Crippen LogP contribution is -2.46. The second-order valence-electron chi connectivity index (χ2n) is 3.26. The van der Waals surface area contributed by atoms with Gasteiger partial charge in [-0.25, -0.2) is 10.0 Å². The summed E-state index contributed by atoms with van der Waals surface area (Å²) >= 11 is 0. The van der Waals surface area contributed by atoms with E-state index in [1.807, 2.05) is 0 Å². The Morgan fingerprint density at radius 2 is 2.18 bits per heavy atom. The fourth-order valence-electron chi connectivity index (χ4n) is 1.47. The fourth-order valence-corrected chi connectivity index (χ4v) is 1.47. The van der Waals surface area contributed by atoms with Gasteiger partial charge in [-0.3, -0.25) is 0 Å². The molecule has 0 aromatic heterocycles. The highest BCUT2D eigenvalue weighted by atomic mass is 16.5. The van der Waals surface area contributed by atoms with Gasteiger partial charge in [-0.15, -0.1) is 0 Å². The van der Waals surface area contributed by atoms with Gasteiger partial charge in [0.1, 0.15) is 0 Å². The number of hydrogen-bond acceptors (Lipinski definition) is 3. The molecule has 0 aromatic rings. The van der Waals surface area contributed by atoms with Crippen LogP contribution in [0.1, 0.15) is 12.8 Å². The van der Waals surface area contributed by atoms with Crippen LogP contribution in [0, 0.1) is 0 Å². The first-order valence-corrected chi connectivity index (χ1v) is 4.19. The van der Waals surface area contributed by atoms with Gasteiger partial charge < -0.3 is 4.74 Å². The van der Waals surface area contributed by atoms with Gasteiger partial charge >= 0.3 is 0 Å². The average molecular weight is 158 g/mol. The molecule has 1 unspecified atom stereocenters. The maximum atomic E-state index is 5.30. The average Bonchev–Trinajstić information content (AvgIpc) is 2.05. The molecule has 11 heavy (non-hydrogen) atoms. The Bertz CT molecular complexity index is 117. The number of hydrazine groups is 1. The number of piperidine rings is 1. The van der Waals surface area contributed by atoms with E-state index in [1.54, 1.807) is 7.11 Å². The molecule has 3 nitrogen and oxygen atoms in total. The molecule has 1 saturated heterocycles. The van der Waals surface area contributed by atoms with Gasteiger partial charge in [0, 0.05) is 34.3 Å². The van der Waals surface area contributed by atoms with Gasteiger partial charge in [-0.2, -0.15) is 0 Å². The Morgan fingerprint density at radius 3 is 2.73 bits per heavy atom. The van der Waals surface area contributed by atoms with Crippen LogP contribution in [0.25, 0.3) is 0 Å². The molecule has 0 N–H and O–H groups in total. The SMILES string of the molecule is COC1CCCN(N(C)C)C1. The van der Waals surface area contributed by atoms with Gasteiger partial charge in [0.2, 0.25) is 0 Å². The second-order valence-corrected chi connectivity index (χ2v) is 3.26. The second kappa shape index (κ2) is 4.04. The van der Waals surface area contributed by atoms with Crippen molar-refractivity contribution >= 4 is 0 Å². The minimum Gasteiger partial charge on any atom is -0.380 e. The Kier molecular flexibility index (Phi) is 3.30. The van der Waals surface area contributed by atoms with Crippen molar-refractivity contribution in [1.29, 1.82) is 0 Å². The first-order valence-electron chi connectivity index (χ1n) is 4.19. The number of hydrogen-bond donors (Lipinski definition) is 0. The molecule has 3 heteroatoms. The summed E-state index contributed by atoms with van der Waals surface area (Å²) in [7, 11) is 5.96. The van der Waals surface area contributed by atoms with Crippen LogP contribution in [0.5, 0.6) is 0 Å². The van der Waals surface area contributed by atoms with Crippen molar-refractivity contribution in [2.24, 2.45) is 0 Å². The van der Waals surface area contributed by atoms with Crippen LogP contribution in [0.3, 0.4) is 0 Å². The molecule has 1 rings (SSSR count). The Hall–Kier alpha value is -0.120. The van der Waals surface area contributed by atoms with Crippen LogP contribution >= 0.6 is 0 Å². The van der Waals surface area contributed by atoms with Crippen LogP contribution in [-0.2, 0) is 4.74 Å². The van der Waals surface area contributed by atoms with E-state index in [9.17, 15) is 0 Å². The molecule has 66 valence electrons. The maximum absolute atomic E-state index is 5.30. The van der Waals surface area contributed by atoms with Gasteiger partial charge in [0.15, 0.2) is 0 Å². The zero-order chi connectivity index (χ0) is 8.27. The van der Waals surface area contributed by atoms with Crippen molar-refractivity contribution in [1.82, 2.24) is 10.0 Å². The normalized spacial score (nSPS) is 27.8. The van der Waals surface area contributed by atoms with E-state index >= 15 is 0 Å². The fraction of sp³-hybridized carbons (Fsp3) is 1.00. The monoisotopic (exact) mass is 158 g/mol. The molecular weight excluding hydrogens is 140 g/mol. The summed E-state index contributed by atoms with van der Waals surface area (Å²) in [4.78, 5) is 0. The summed E-state index contributed by atoms with van der Waals surface area (Å²) in [6, 6.07) is 0. The lowest BCUT2D eigenvalue weighted by Gasteiger charge is -2.35. The molecule has 1 fully saturated rings. The van der Waals surface area contributed by atoms with Gasteiger partial charge in [-0.1, -0.05) is 0 Å². The number of nitrogens with zero attached hydrogens (tertiary/aromatic N) is 2. The highest BCUT2D eigenvalue weighted by Gasteiger charge is 2.19. The molecule has 1 aliphatic rings. The summed E-state index contributed by atoms with van der Waals surface area (Å²) < 4.78 is 5.30. The van der Waals surface area contributed by atoms with Crippen LogP contribution in [0.4, 0.5) is 0 Å². The van der Waals surface area contributed by atoms with E-state index < -0.39 is 0 Å². The van der Waals surface area contributed by atoms with Gasteiger partial charge in [-0.05, 0) is 12.8 Å². The third-order valence-electron chi connectivity index (χ3n) is 2.26. The van der Waals surface area contributed by atoms with Crippen LogP contribution in [0.15, 0.2) is 0 Å². The molecule has 1 heterocycles. The highest BCUT2D eigenvalue weighted by molar-refractivity contribution is 4.69. The number of rotatable bonds is 2. The first-order chi connectivity index (χ1) is 5.24. The van der Waals surface area contributed by atoms with E-state index in [-0.39, 0.29) is 0 Å². The lowest BCUT2D eigenvalue weighted by molar-refractivity contribution is -0.0567. The zero-order valence-corrected chi connectivity index (χ0v) is 7.71. The largest absolute Gasteiger partial charge is 0.380 e. The topological polar surface area (TPSA) is 15.7 Å². The van der Waals surface area contributed by atoms with Crippen LogP contribution in [-0.4, -0.2) is 50.4 Å². The third kappa shape index (κ3) is 2.43. The minimum absolute atomic E-state index is 0.436. The molecular formula is C8H18N2O. The molecule has 0 radical (unpaired) electrons. The summed E-state index contributed by atoms with van der Waals surface area (Å²) in [5.74, 6) is 0. The van der Waals surface area contributed by atoms with Crippen molar-refractivity contribution in [2.45, 2.75) is 18.9 Å². The summed E-state index contributed by atoms with van der Waals surface area (Å²) in [5.41, 5.74) is 0. The van der Waals surface area contributed by atoms with E-state index in [0.717, 1.165) is 6.54 Å². The molecule has 0 spiro atoms. The van der Waals surface area contributed by atoms with Crippen LogP contribution < -0.4 is 0 Å². The quantitative estimate of drug-likeness (QED) is 0.584. The molecule has 1 atom stereocenters. The molecule has 0 saturated carbocycles. The summed E-state index contributed by atoms with van der Waals surface area (Å²) in [6.45, 7) is 2.22. The highest BCUT2D eigenvalue weighted by Crippen LogP contribution is 2.12. The van der Waals surface area contributed by atoms with Crippen molar-refractivity contribution in [2.75, 3.05) is 34.3 Å². The Balaban J connectivity index is 2.33. The standard InChI is InChI=1S/C8H18N2O/c1-9(2)10-6-4-5-8(7-10)11-3/h8H,4-7H2,1-3H3. The maximum Gasteiger partial charge on any atom is 0.0712 e. The number of methoxy groups -OCH3 is 1. The Labute approximate surface area is 68.9 Å². The van der Waals surface area contributed by atoms with Crippen molar-refractivity contribution in [3.05, 3.63) is 0 Å². The van der Waals surface area contributed by atoms with Gasteiger partial charge in [0.05, 0.1) is 6.10 Å². The Morgan fingerprint density at radius 1 is 1.45 bits per heavy atom. The third-order valence-corrected chi connectivity index (χ3v) is 2.26. The lowest BCUT2D eigenvalue weighted by atomic mass is 10.1. The predicted molar refractivity (Wildman–Crippen MR) is 45.3 cm³/mol. The van der Waals surface area contributed by atoms with Crippen LogP contribution in [0.2, 0.25) is 0 Å². The smallest absolute Gasteiger partial charge is 0.0712 e. The van der Waals surface area contributed by atoms with E-state index in [2.05, 4.69) is 24.1 Å². The first kappa shape index (κ1) is 8.97.